The summed E-state index contributed by atoms with van der Waals surface area (Å²) in [5.74, 6) is -0.0253. The molecule has 0 aliphatic carbocycles. The maximum atomic E-state index is 12.8. The van der Waals surface area contributed by atoms with E-state index < -0.39 is 10.0 Å². The standard InChI is InChI=1S/C19H24N2O3S2/c22-19(10-9-17-7-5-13-25-17)20-15-16-6-4-8-18(14-16)26(23,24)21-11-2-1-3-12-21/h4-8,13-14H,1-3,9-12,15H2,(H,20,22). The van der Waals surface area contributed by atoms with E-state index in [-0.39, 0.29) is 5.91 Å². The first-order valence-corrected chi connectivity index (χ1v) is 11.3. The lowest BCUT2D eigenvalue weighted by Gasteiger charge is -2.26. The summed E-state index contributed by atoms with van der Waals surface area (Å²) in [5, 5.41) is 4.88. The van der Waals surface area contributed by atoms with Crippen molar-refractivity contribution in [2.75, 3.05) is 13.1 Å². The normalized spacial score (nSPS) is 15.7. The lowest BCUT2D eigenvalue weighted by atomic mass is 10.2. The minimum absolute atomic E-state index is 0.0253. The van der Waals surface area contributed by atoms with Crippen LogP contribution in [-0.2, 0) is 27.8 Å². The molecule has 1 fully saturated rings. The Labute approximate surface area is 159 Å². The molecule has 0 unspecified atom stereocenters. The Bertz CT molecular complexity index is 826. The molecule has 0 radical (unpaired) electrons. The van der Waals surface area contributed by atoms with Crippen molar-refractivity contribution >= 4 is 27.3 Å². The molecule has 0 saturated carbocycles. The smallest absolute Gasteiger partial charge is 0.243 e. The Balaban J connectivity index is 1.57. The van der Waals surface area contributed by atoms with Crippen molar-refractivity contribution in [3.8, 4) is 0 Å². The molecule has 1 aliphatic rings. The Hall–Kier alpha value is -1.70. The maximum Gasteiger partial charge on any atom is 0.243 e. The Morgan fingerprint density at radius 1 is 1.12 bits per heavy atom. The van der Waals surface area contributed by atoms with Crippen molar-refractivity contribution < 1.29 is 13.2 Å². The van der Waals surface area contributed by atoms with E-state index in [0.717, 1.165) is 31.2 Å². The van der Waals surface area contributed by atoms with Crippen molar-refractivity contribution in [1.82, 2.24) is 9.62 Å². The molecular weight excluding hydrogens is 368 g/mol. The number of thiophene rings is 1. The van der Waals surface area contributed by atoms with Crippen LogP contribution in [0, 0.1) is 0 Å². The van der Waals surface area contributed by atoms with Gasteiger partial charge >= 0.3 is 0 Å². The minimum atomic E-state index is -3.44. The SMILES string of the molecule is O=C(CCc1cccs1)NCc1cccc(S(=O)(=O)N2CCCCC2)c1. The van der Waals surface area contributed by atoms with E-state index in [9.17, 15) is 13.2 Å². The average Bonchev–Trinajstić information content (AvgIpc) is 3.19. The van der Waals surface area contributed by atoms with Crippen LogP contribution in [0.15, 0.2) is 46.7 Å². The first-order valence-electron chi connectivity index (χ1n) is 8.94. The third-order valence-electron chi connectivity index (χ3n) is 4.52. The first kappa shape index (κ1) is 19.1. The van der Waals surface area contributed by atoms with Gasteiger partial charge in [-0.3, -0.25) is 4.79 Å². The third kappa shape index (κ3) is 4.93. The Morgan fingerprint density at radius 2 is 1.92 bits per heavy atom. The largest absolute Gasteiger partial charge is 0.352 e. The van der Waals surface area contributed by atoms with Gasteiger partial charge in [0.25, 0.3) is 0 Å². The molecule has 0 spiro atoms. The van der Waals surface area contributed by atoms with Crippen molar-refractivity contribution in [3.05, 3.63) is 52.2 Å². The summed E-state index contributed by atoms with van der Waals surface area (Å²) < 4.78 is 27.1. The molecule has 1 N–H and O–H groups in total. The Kier molecular flexibility index (Phi) is 6.45. The van der Waals surface area contributed by atoms with E-state index >= 15 is 0 Å². The van der Waals surface area contributed by atoms with Crippen LogP contribution in [0.1, 0.15) is 36.1 Å². The average molecular weight is 393 g/mol. The number of benzene rings is 1. The van der Waals surface area contributed by atoms with Crippen molar-refractivity contribution in [2.24, 2.45) is 0 Å². The molecular formula is C19H24N2O3S2. The molecule has 1 aromatic heterocycles. The third-order valence-corrected chi connectivity index (χ3v) is 7.35. The highest BCUT2D eigenvalue weighted by Crippen LogP contribution is 2.21. The minimum Gasteiger partial charge on any atom is -0.352 e. The van der Waals surface area contributed by atoms with Gasteiger partial charge in [0, 0.05) is 30.9 Å². The summed E-state index contributed by atoms with van der Waals surface area (Å²) in [6.07, 6.45) is 4.08. The number of nitrogens with zero attached hydrogens (tertiary/aromatic N) is 1. The van der Waals surface area contributed by atoms with Crippen molar-refractivity contribution in [2.45, 2.75) is 43.5 Å². The number of carbonyl (C=O) groups excluding carboxylic acids is 1. The predicted molar refractivity (Wildman–Crippen MR) is 104 cm³/mol. The number of piperidine rings is 1. The molecule has 1 aliphatic heterocycles. The molecule has 0 atom stereocenters. The summed E-state index contributed by atoms with van der Waals surface area (Å²) in [5.41, 5.74) is 0.799. The summed E-state index contributed by atoms with van der Waals surface area (Å²) in [6, 6.07) is 10.9. The van der Waals surface area contributed by atoms with Crippen LogP contribution < -0.4 is 5.32 Å². The number of amides is 1. The van der Waals surface area contributed by atoms with E-state index in [2.05, 4.69) is 5.32 Å². The molecule has 2 aromatic rings. The lowest BCUT2D eigenvalue weighted by Crippen LogP contribution is -2.35. The second-order valence-corrected chi connectivity index (χ2v) is 9.44. The van der Waals surface area contributed by atoms with Gasteiger partial charge in [-0.25, -0.2) is 8.42 Å². The lowest BCUT2D eigenvalue weighted by molar-refractivity contribution is -0.121. The fraction of sp³-hybridized carbons (Fsp3) is 0.421. The number of aryl methyl sites for hydroxylation is 1. The molecule has 5 nitrogen and oxygen atoms in total. The maximum absolute atomic E-state index is 12.8. The zero-order valence-electron chi connectivity index (χ0n) is 14.7. The van der Waals surface area contributed by atoms with Gasteiger partial charge in [0.1, 0.15) is 0 Å². The molecule has 0 bridgehead atoms. The number of nitrogens with one attached hydrogen (secondary N) is 1. The quantitative estimate of drug-likeness (QED) is 0.787. The highest BCUT2D eigenvalue weighted by atomic mass is 32.2. The van der Waals surface area contributed by atoms with E-state index in [0.29, 0.717) is 31.0 Å². The molecule has 1 saturated heterocycles. The summed E-state index contributed by atoms with van der Waals surface area (Å²) in [7, 11) is -3.44. The molecule has 1 aromatic carbocycles. The predicted octanol–water partition coefficient (Wildman–Crippen LogP) is 3.17. The van der Waals surface area contributed by atoms with Gasteiger partial charge in [0.2, 0.25) is 15.9 Å². The fourth-order valence-electron chi connectivity index (χ4n) is 3.05. The van der Waals surface area contributed by atoms with Crippen LogP contribution in [0.4, 0.5) is 0 Å². The van der Waals surface area contributed by atoms with Crippen molar-refractivity contribution in [1.29, 1.82) is 0 Å². The van der Waals surface area contributed by atoms with Gasteiger partial charge in [-0.05, 0) is 48.4 Å². The molecule has 140 valence electrons. The van der Waals surface area contributed by atoms with Crippen LogP contribution in [0.25, 0.3) is 0 Å². The number of rotatable bonds is 7. The Morgan fingerprint density at radius 3 is 2.65 bits per heavy atom. The van der Waals surface area contributed by atoms with Gasteiger partial charge in [0.05, 0.1) is 4.90 Å². The van der Waals surface area contributed by atoms with Crippen LogP contribution in [0.5, 0.6) is 0 Å². The van der Waals surface area contributed by atoms with Crippen LogP contribution in [0.2, 0.25) is 0 Å². The molecule has 26 heavy (non-hydrogen) atoms. The molecule has 3 rings (SSSR count). The van der Waals surface area contributed by atoms with E-state index in [1.165, 1.54) is 4.88 Å². The van der Waals surface area contributed by atoms with Crippen LogP contribution >= 0.6 is 11.3 Å². The van der Waals surface area contributed by atoms with E-state index in [1.807, 2.05) is 23.6 Å². The number of hydrogen-bond donors (Lipinski definition) is 1. The zero-order chi connectivity index (χ0) is 18.4. The second kappa shape index (κ2) is 8.79. The van der Waals surface area contributed by atoms with E-state index in [4.69, 9.17) is 0 Å². The molecule has 7 heteroatoms. The number of carbonyl (C=O) groups is 1. The van der Waals surface area contributed by atoms with Gasteiger partial charge < -0.3 is 5.32 Å². The van der Waals surface area contributed by atoms with Gasteiger partial charge in [-0.1, -0.05) is 24.6 Å². The molecule has 1 amide bonds. The fourth-order valence-corrected chi connectivity index (χ4v) is 5.35. The van der Waals surface area contributed by atoms with Gasteiger partial charge in [-0.2, -0.15) is 4.31 Å². The van der Waals surface area contributed by atoms with Crippen LogP contribution in [-0.4, -0.2) is 31.7 Å². The van der Waals surface area contributed by atoms with Crippen LogP contribution in [0.3, 0.4) is 0 Å². The number of sulfonamides is 1. The van der Waals surface area contributed by atoms with E-state index in [1.54, 1.807) is 33.8 Å². The molecule has 2 heterocycles. The van der Waals surface area contributed by atoms with Gasteiger partial charge in [-0.15, -0.1) is 11.3 Å². The summed E-state index contributed by atoms with van der Waals surface area (Å²) in [4.78, 5) is 13.5. The summed E-state index contributed by atoms with van der Waals surface area (Å²) >= 11 is 1.65. The zero-order valence-corrected chi connectivity index (χ0v) is 16.3. The topological polar surface area (TPSA) is 66.5 Å². The van der Waals surface area contributed by atoms with Crippen molar-refractivity contribution in [3.63, 3.8) is 0 Å². The monoisotopic (exact) mass is 392 g/mol. The highest BCUT2D eigenvalue weighted by Gasteiger charge is 2.25. The highest BCUT2D eigenvalue weighted by molar-refractivity contribution is 7.89. The summed E-state index contributed by atoms with van der Waals surface area (Å²) in [6.45, 7) is 1.52. The second-order valence-electron chi connectivity index (χ2n) is 6.47. The first-order chi connectivity index (χ1) is 12.6. The number of hydrogen-bond acceptors (Lipinski definition) is 4. The van der Waals surface area contributed by atoms with Gasteiger partial charge in [0.15, 0.2) is 0 Å².